The van der Waals surface area contributed by atoms with Crippen LogP contribution in [0.5, 0.6) is 11.6 Å². The van der Waals surface area contributed by atoms with Crippen LogP contribution in [0, 0.1) is 0 Å². The Bertz CT molecular complexity index is 621. The van der Waals surface area contributed by atoms with E-state index < -0.39 is 0 Å². The van der Waals surface area contributed by atoms with Crippen molar-refractivity contribution < 1.29 is 4.74 Å². The molecule has 0 spiro atoms. The molecular formula is C12H6BrCl4NO. The minimum Gasteiger partial charge on any atom is -0.437 e. The molecule has 2 aromatic rings. The van der Waals surface area contributed by atoms with Crippen LogP contribution in [-0.4, -0.2) is 4.98 Å². The first kappa shape index (κ1) is 15.2. The monoisotopic (exact) mass is 399 g/mol. The fourth-order valence-electron chi connectivity index (χ4n) is 1.34. The Balaban J connectivity index is 2.39. The van der Waals surface area contributed by atoms with Crippen LogP contribution in [0.1, 0.15) is 5.56 Å². The van der Waals surface area contributed by atoms with E-state index in [2.05, 4.69) is 20.9 Å². The lowest BCUT2D eigenvalue weighted by molar-refractivity contribution is 0.458. The number of aromatic nitrogens is 1. The molecular weight excluding hydrogens is 396 g/mol. The van der Waals surface area contributed by atoms with Crippen molar-refractivity contribution >= 4 is 62.3 Å². The van der Waals surface area contributed by atoms with E-state index in [0.29, 0.717) is 26.7 Å². The molecule has 7 heteroatoms. The topological polar surface area (TPSA) is 22.1 Å². The van der Waals surface area contributed by atoms with Crippen molar-refractivity contribution in [3.05, 3.63) is 49.5 Å². The zero-order chi connectivity index (χ0) is 14.0. The Hall–Kier alpha value is -0.190. The van der Waals surface area contributed by atoms with E-state index in [1.807, 2.05) is 6.07 Å². The number of ether oxygens (including phenoxy) is 1. The van der Waals surface area contributed by atoms with Crippen molar-refractivity contribution in [2.75, 3.05) is 0 Å². The van der Waals surface area contributed by atoms with Crippen LogP contribution in [0.4, 0.5) is 0 Å². The van der Waals surface area contributed by atoms with Crippen molar-refractivity contribution in [2.24, 2.45) is 0 Å². The summed E-state index contributed by atoms with van der Waals surface area (Å²) in [4.78, 5) is 4.15. The van der Waals surface area contributed by atoms with Crippen LogP contribution in [0.2, 0.25) is 15.1 Å². The highest BCUT2D eigenvalue weighted by atomic mass is 79.9. The Morgan fingerprint density at radius 3 is 2.42 bits per heavy atom. The van der Waals surface area contributed by atoms with Gasteiger partial charge in [0.05, 0.1) is 20.9 Å². The van der Waals surface area contributed by atoms with Gasteiger partial charge in [-0.2, -0.15) is 0 Å². The van der Waals surface area contributed by atoms with Gasteiger partial charge in [-0.15, -0.1) is 11.6 Å². The number of benzene rings is 1. The van der Waals surface area contributed by atoms with E-state index in [1.165, 1.54) is 12.1 Å². The van der Waals surface area contributed by atoms with E-state index in [0.717, 1.165) is 10.0 Å². The van der Waals surface area contributed by atoms with Gasteiger partial charge in [-0.1, -0.05) is 34.8 Å². The normalized spacial score (nSPS) is 10.6. The first-order valence-electron chi connectivity index (χ1n) is 5.04. The van der Waals surface area contributed by atoms with Gasteiger partial charge < -0.3 is 4.74 Å². The third-order valence-corrected chi connectivity index (χ3v) is 3.96. The van der Waals surface area contributed by atoms with E-state index in [-0.39, 0.29) is 5.88 Å². The van der Waals surface area contributed by atoms with Gasteiger partial charge in [0.25, 0.3) is 0 Å². The summed E-state index contributed by atoms with van der Waals surface area (Å²) >= 11 is 27.0. The fourth-order valence-corrected chi connectivity index (χ4v) is 2.49. The van der Waals surface area contributed by atoms with Crippen LogP contribution in [0.3, 0.4) is 0 Å². The number of nitrogens with zero attached hydrogens (tertiary/aromatic N) is 1. The summed E-state index contributed by atoms with van der Waals surface area (Å²) in [5.74, 6) is 1.01. The lowest BCUT2D eigenvalue weighted by Crippen LogP contribution is -1.94. The van der Waals surface area contributed by atoms with E-state index in [1.54, 1.807) is 6.20 Å². The summed E-state index contributed by atoms with van der Waals surface area (Å²) < 4.78 is 6.45. The number of alkyl halides is 1. The summed E-state index contributed by atoms with van der Waals surface area (Å²) in [6.45, 7) is 0. The zero-order valence-electron chi connectivity index (χ0n) is 9.26. The van der Waals surface area contributed by atoms with E-state index in [4.69, 9.17) is 51.1 Å². The van der Waals surface area contributed by atoms with Gasteiger partial charge in [-0.25, -0.2) is 4.98 Å². The molecule has 0 radical (unpaired) electrons. The highest BCUT2D eigenvalue weighted by Gasteiger charge is 2.12. The highest BCUT2D eigenvalue weighted by molar-refractivity contribution is 9.10. The third-order valence-electron chi connectivity index (χ3n) is 2.22. The average Bonchev–Trinajstić information content (AvgIpc) is 2.37. The molecule has 2 nitrogen and oxygen atoms in total. The Morgan fingerprint density at radius 1 is 1.05 bits per heavy atom. The molecule has 0 amide bonds. The summed E-state index contributed by atoms with van der Waals surface area (Å²) in [5, 5.41) is 1.06. The van der Waals surface area contributed by atoms with Crippen molar-refractivity contribution in [1.29, 1.82) is 0 Å². The van der Waals surface area contributed by atoms with Gasteiger partial charge in [-0.05, 0) is 28.1 Å². The number of rotatable bonds is 3. The van der Waals surface area contributed by atoms with Crippen molar-refractivity contribution in [1.82, 2.24) is 4.98 Å². The lowest BCUT2D eigenvalue weighted by atomic mass is 10.3. The Kier molecular flexibility index (Phi) is 5.21. The van der Waals surface area contributed by atoms with Gasteiger partial charge in [0.2, 0.25) is 5.88 Å². The third kappa shape index (κ3) is 3.67. The second-order valence-electron chi connectivity index (χ2n) is 3.55. The smallest absolute Gasteiger partial charge is 0.223 e. The van der Waals surface area contributed by atoms with Crippen LogP contribution < -0.4 is 4.74 Å². The predicted molar refractivity (Wildman–Crippen MR) is 83.0 cm³/mol. The molecule has 0 bridgehead atoms. The van der Waals surface area contributed by atoms with Crippen LogP contribution in [0.25, 0.3) is 0 Å². The molecule has 0 saturated carbocycles. The summed E-state index contributed by atoms with van der Waals surface area (Å²) in [5.41, 5.74) is 0.734. The minimum absolute atomic E-state index is 0.265. The number of halogens is 5. The zero-order valence-corrected chi connectivity index (χ0v) is 13.9. The van der Waals surface area contributed by atoms with Crippen molar-refractivity contribution in [3.8, 4) is 11.6 Å². The maximum Gasteiger partial charge on any atom is 0.223 e. The molecule has 0 N–H and O–H groups in total. The fraction of sp³-hybridized carbons (Fsp3) is 0.0833. The molecule has 2 rings (SSSR count). The molecule has 0 aliphatic rings. The largest absolute Gasteiger partial charge is 0.437 e. The van der Waals surface area contributed by atoms with Gasteiger partial charge in [-0.3, -0.25) is 0 Å². The predicted octanol–water partition coefficient (Wildman–Crippen LogP) is 6.34. The van der Waals surface area contributed by atoms with E-state index in [9.17, 15) is 0 Å². The first-order valence-corrected chi connectivity index (χ1v) is 7.50. The minimum atomic E-state index is 0.265. The molecule has 0 aliphatic heterocycles. The van der Waals surface area contributed by atoms with Gasteiger partial charge in [0.1, 0.15) is 5.75 Å². The summed E-state index contributed by atoms with van der Waals surface area (Å²) in [6, 6.07) is 4.87. The molecule has 0 fully saturated rings. The molecule has 19 heavy (non-hydrogen) atoms. The quantitative estimate of drug-likeness (QED) is 0.442. The molecule has 0 unspecified atom stereocenters. The summed E-state index contributed by atoms with van der Waals surface area (Å²) in [7, 11) is 0. The SMILES string of the molecule is ClCc1cc(Br)cnc1Oc1cc(Cl)c(Cl)cc1Cl. The Morgan fingerprint density at radius 2 is 1.74 bits per heavy atom. The number of pyridine rings is 1. The van der Waals surface area contributed by atoms with Crippen LogP contribution in [0.15, 0.2) is 28.9 Å². The average molecular weight is 402 g/mol. The lowest BCUT2D eigenvalue weighted by Gasteiger charge is -2.11. The van der Waals surface area contributed by atoms with Gasteiger partial charge >= 0.3 is 0 Å². The highest BCUT2D eigenvalue weighted by Crippen LogP contribution is 2.37. The molecule has 1 aromatic heterocycles. The maximum atomic E-state index is 6.04. The Labute approximate surface area is 138 Å². The standard InChI is InChI=1S/C12H6BrCl4NO/c13-7-1-6(4-14)12(18-5-7)19-11-3-9(16)8(15)2-10(11)17/h1-3,5H,4H2. The molecule has 0 atom stereocenters. The van der Waals surface area contributed by atoms with E-state index >= 15 is 0 Å². The van der Waals surface area contributed by atoms with Crippen LogP contribution in [-0.2, 0) is 5.88 Å². The van der Waals surface area contributed by atoms with Crippen LogP contribution >= 0.6 is 62.3 Å². The molecule has 0 aliphatic carbocycles. The molecule has 1 aromatic carbocycles. The number of hydrogen-bond acceptors (Lipinski definition) is 2. The van der Waals surface area contributed by atoms with Crippen molar-refractivity contribution in [2.45, 2.75) is 5.88 Å². The summed E-state index contributed by atoms with van der Waals surface area (Å²) in [6.07, 6.45) is 1.61. The maximum absolute atomic E-state index is 6.04. The molecule has 0 saturated heterocycles. The second kappa shape index (κ2) is 6.51. The second-order valence-corrected chi connectivity index (χ2v) is 5.95. The molecule has 100 valence electrons. The molecule has 1 heterocycles. The first-order chi connectivity index (χ1) is 9.01. The van der Waals surface area contributed by atoms with Gasteiger partial charge in [0, 0.05) is 22.3 Å². The van der Waals surface area contributed by atoms with Crippen molar-refractivity contribution in [3.63, 3.8) is 0 Å². The van der Waals surface area contributed by atoms with Gasteiger partial charge in [0.15, 0.2) is 0 Å². The number of hydrogen-bond donors (Lipinski definition) is 0.